The highest BCUT2D eigenvalue weighted by Crippen LogP contribution is 2.16. The zero-order chi connectivity index (χ0) is 18.9. The van der Waals surface area contributed by atoms with Crippen LogP contribution in [0.3, 0.4) is 0 Å². The predicted octanol–water partition coefficient (Wildman–Crippen LogP) is 2.19. The highest BCUT2D eigenvalue weighted by atomic mass is 16.5. The van der Waals surface area contributed by atoms with Crippen LogP contribution in [0.1, 0.15) is 11.1 Å². The second kappa shape index (κ2) is 9.58. The zero-order valence-electron chi connectivity index (χ0n) is 15.4. The van der Waals surface area contributed by atoms with Crippen LogP contribution in [0.4, 0.5) is 5.69 Å². The zero-order valence-corrected chi connectivity index (χ0v) is 15.4. The second-order valence-electron chi connectivity index (χ2n) is 6.18. The number of nitrogens with zero attached hydrogens (tertiary/aromatic N) is 1. The molecule has 0 atom stereocenters. The number of amides is 2. The lowest BCUT2D eigenvalue weighted by atomic mass is 10.2. The Hall–Kier alpha value is -2.86. The third kappa shape index (κ3) is 6.22. The van der Waals surface area contributed by atoms with E-state index in [1.54, 1.807) is 19.1 Å². The minimum atomic E-state index is -0.158. The van der Waals surface area contributed by atoms with Gasteiger partial charge in [-0.15, -0.1) is 0 Å². The number of para-hydroxylation sites is 1. The Bertz CT molecular complexity index is 744. The number of methoxy groups -OCH3 is 1. The average molecular weight is 355 g/mol. The molecule has 0 aliphatic carbocycles. The Morgan fingerprint density at radius 1 is 1.00 bits per heavy atom. The number of likely N-dealkylation sites (N-methyl/N-ethyl adjacent to an activating group) is 1. The minimum Gasteiger partial charge on any atom is -0.496 e. The van der Waals surface area contributed by atoms with Crippen molar-refractivity contribution in [3.05, 3.63) is 59.7 Å². The number of nitrogens with one attached hydrogen (secondary N) is 2. The van der Waals surface area contributed by atoms with E-state index in [0.29, 0.717) is 6.54 Å². The first-order valence-corrected chi connectivity index (χ1v) is 8.41. The van der Waals surface area contributed by atoms with Crippen molar-refractivity contribution < 1.29 is 14.3 Å². The monoisotopic (exact) mass is 355 g/mol. The van der Waals surface area contributed by atoms with Crippen LogP contribution < -0.4 is 15.4 Å². The van der Waals surface area contributed by atoms with Gasteiger partial charge in [0.25, 0.3) is 0 Å². The van der Waals surface area contributed by atoms with Gasteiger partial charge < -0.3 is 15.4 Å². The van der Waals surface area contributed by atoms with Crippen molar-refractivity contribution in [3.63, 3.8) is 0 Å². The summed E-state index contributed by atoms with van der Waals surface area (Å²) in [6.07, 6.45) is 0. The molecule has 0 unspecified atom stereocenters. The van der Waals surface area contributed by atoms with Crippen LogP contribution in [0.5, 0.6) is 5.75 Å². The molecule has 0 saturated heterocycles. The Morgan fingerprint density at radius 3 is 2.35 bits per heavy atom. The largest absolute Gasteiger partial charge is 0.496 e. The predicted molar refractivity (Wildman–Crippen MR) is 102 cm³/mol. The summed E-state index contributed by atoms with van der Waals surface area (Å²) in [4.78, 5) is 25.8. The van der Waals surface area contributed by atoms with Gasteiger partial charge in [-0.3, -0.25) is 14.5 Å². The Morgan fingerprint density at radius 2 is 1.65 bits per heavy atom. The summed E-state index contributed by atoms with van der Waals surface area (Å²) >= 11 is 0. The molecule has 2 rings (SSSR count). The van der Waals surface area contributed by atoms with Crippen molar-refractivity contribution in [2.24, 2.45) is 0 Å². The second-order valence-corrected chi connectivity index (χ2v) is 6.18. The summed E-state index contributed by atoms with van der Waals surface area (Å²) in [5.41, 5.74) is 2.78. The number of benzene rings is 2. The molecule has 0 spiro atoms. The highest BCUT2D eigenvalue weighted by molar-refractivity contribution is 5.92. The Kier molecular flexibility index (Phi) is 7.17. The number of carbonyl (C=O) groups excluding carboxylic acids is 2. The van der Waals surface area contributed by atoms with Crippen LogP contribution in [0.15, 0.2) is 48.5 Å². The fourth-order valence-corrected chi connectivity index (χ4v) is 2.48. The van der Waals surface area contributed by atoms with Gasteiger partial charge in [0.15, 0.2) is 0 Å². The number of ether oxygens (including phenoxy) is 1. The van der Waals surface area contributed by atoms with Crippen LogP contribution in [0.25, 0.3) is 0 Å². The first-order chi connectivity index (χ1) is 12.5. The Labute approximate surface area is 154 Å². The summed E-state index contributed by atoms with van der Waals surface area (Å²) in [6, 6.07) is 15.1. The molecule has 0 fully saturated rings. The van der Waals surface area contributed by atoms with Crippen LogP contribution in [0, 0.1) is 6.92 Å². The smallest absolute Gasteiger partial charge is 0.238 e. The molecule has 0 aliphatic rings. The molecular weight excluding hydrogens is 330 g/mol. The maximum Gasteiger partial charge on any atom is 0.238 e. The van der Waals surface area contributed by atoms with E-state index in [4.69, 9.17) is 4.74 Å². The third-order valence-corrected chi connectivity index (χ3v) is 3.83. The van der Waals surface area contributed by atoms with Gasteiger partial charge in [-0.1, -0.05) is 35.9 Å². The van der Waals surface area contributed by atoms with Gasteiger partial charge in [0, 0.05) is 17.8 Å². The van der Waals surface area contributed by atoms with Crippen LogP contribution in [-0.2, 0) is 16.1 Å². The van der Waals surface area contributed by atoms with Gasteiger partial charge in [0.2, 0.25) is 11.8 Å². The molecule has 138 valence electrons. The summed E-state index contributed by atoms with van der Waals surface area (Å²) in [7, 11) is 3.33. The van der Waals surface area contributed by atoms with Gasteiger partial charge in [-0.2, -0.15) is 0 Å². The molecular formula is C20H25N3O3. The van der Waals surface area contributed by atoms with Gasteiger partial charge in [-0.25, -0.2) is 0 Å². The molecule has 0 bridgehead atoms. The maximum absolute atomic E-state index is 12.1. The van der Waals surface area contributed by atoms with E-state index in [1.807, 2.05) is 55.5 Å². The standard InChI is InChI=1S/C20H25N3O3/c1-15-8-10-17(11-9-15)22-20(25)14-23(2)13-19(24)21-12-16-6-4-5-7-18(16)26-3/h4-11H,12-14H2,1-3H3,(H,21,24)(H,22,25). The van der Waals surface area contributed by atoms with Crippen molar-refractivity contribution in [3.8, 4) is 5.75 Å². The number of aryl methyl sites for hydroxylation is 1. The lowest BCUT2D eigenvalue weighted by molar-refractivity contribution is -0.123. The van der Waals surface area contributed by atoms with Gasteiger partial charge in [0.1, 0.15) is 5.75 Å². The maximum atomic E-state index is 12.1. The first-order valence-electron chi connectivity index (χ1n) is 8.41. The van der Waals surface area contributed by atoms with Crippen LogP contribution in [-0.4, -0.2) is 44.0 Å². The fraction of sp³-hybridized carbons (Fsp3) is 0.300. The minimum absolute atomic E-state index is 0.135. The van der Waals surface area contributed by atoms with Crippen molar-refractivity contribution in [1.82, 2.24) is 10.2 Å². The topological polar surface area (TPSA) is 70.7 Å². The lowest BCUT2D eigenvalue weighted by Gasteiger charge is -2.16. The van der Waals surface area contributed by atoms with E-state index in [0.717, 1.165) is 22.6 Å². The summed E-state index contributed by atoms with van der Waals surface area (Å²) in [5.74, 6) is 0.425. The molecule has 6 nitrogen and oxygen atoms in total. The number of anilines is 1. The molecule has 0 aliphatic heterocycles. The number of hydrogen-bond donors (Lipinski definition) is 2. The molecule has 2 aromatic carbocycles. The quantitative estimate of drug-likeness (QED) is 0.762. The number of rotatable bonds is 8. The van der Waals surface area contributed by atoms with E-state index in [1.165, 1.54) is 0 Å². The van der Waals surface area contributed by atoms with E-state index in [2.05, 4.69) is 10.6 Å². The lowest BCUT2D eigenvalue weighted by Crippen LogP contribution is -2.38. The molecule has 2 aromatic rings. The molecule has 2 N–H and O–H groups in total. The van der Waals surface area contributed by atoms with Crippen LogP contribution >= 0.6 is 0 Å². The van der Waals surface area contributed by atoms with E-state index in [-0.39, 0.29) is 24.9 Å². The molecule has 0 aromatic heterocycles. The van der Waals surface area contributed by atoms with Gasteiger partial charge >= 0.3 is 0 Å². The molecule has 0 radical (unpaired) electrons. The number of hydrogen-bond acceptors (Lipinski definition) is 4. The molecule has 6 heteroatoms. The van der Waals surface area contributed by atoms with E-state index >= 15 is 0 Å². The first kappa shape index (κ1) is 19.5. The Balaban J connectivity index is 1.75. The SMILES string of the molecule is COc1ccccc1CNC(=O)CN(C)CC(=O)Nc1ccc(C)cc1. The molecule has 0 heterocycles. The van der Waals surface area contributed by atoms with Crippen molar-refractivity contribution in [2.75, 3.05) is 32.6 Å². The van der Waals surface area contributed by atoms with E-state index < -0.39 is 0 Å². The van der Waals surface area contributed by atoms with E-state index in [9.17, 15) is 9.59 Å². The van der Waals surface area contributed by atoms with Crippen molar-refractivity contribution in [1.29, 1.82) is 0 Å². The van der Waals surface area contributed by atoms with Crippen molar-refractivity contribution >= 4 is 17.5 Å². The summed E-state index contributed by atoms with van der Waals surface area (Å²) in [5, 5.41) is 5.66. The average Bonchev–Trinajstić information content (AvgIpc) is 2.62. The van der Waals surface area contributed by atoms with Gasteiger partial charge in [0.05, 0.1) is 20.2 Å². The summed E-state index contributed by atoms with van der Waals surface area (Å²) < 4.78 is 5.26. The highest BCUT2D eigenvalue weighted by Gasteiger charge is 2.11. The number of carbonyl (C=O) groups is 2. The fourth-order valence-electron chi connectivity index (χ4n) is 2.48. The van der Waals surface area contributed by atoms with Crippen LogP contribution in [0.2, 0.25) is 0 Å². The van der Waals surface area contributed by atoms with Crippen molar-refractivity contribution in [2.45, 2.75) is 13.5 Å². The third-order valence-electron chi connectivity index (χ3n) is 3.83. The summed E-state index contributed by atoms with van der Waals surface area (Å²) in [6.45, 7) is 2.64. The molecule has 0 saturated carbocycles. The molecule has 26 heavy (non-hydrogen) atoms. The molecule has 2 amide bonds. The van der Waals surface area contributed by atoms with Gasteiger partial charge in [-0.05, 0) is 32.2 Å². The normalized spacial score (nSPS) is 10.5.